The van der Waals surface area contributed by atoms with Gasteiger partial charge in [-0.1, -0.05) is 170 Å². The Morgan fingerprint density at radius 2 is 0.679 bits per heavy atom. The summed E-state index contributed by atoms with van der Waals surface area (Å²) in [6.07, 6.45) is 0. The molecule has 10 rings (SSSR count). The Morgan fingerprint density at radius 1 is 0.283 bits per heavy atom. The normalized spacial score (nSPS) is 11.4. The van der Waals surface area contributed by atoms with E-state index in [4.69, 9.17) is 9.97 Å². The number of para-hydroxylation sites is 3. The van der Waals surface area contributed by atoms with Crippen molar-refractivity contribution in [1.29, 1.82) is 0 Å². The Labute approximate surface area is 308 Å². The van der Waals surface area contributed by atoms with Crippen LogP contribution in [-0.2, 0) is 0 Å². The highest BCUT2D eigenvalue weighted by atomic mass is 15.0. The van der Waals surface area contributed by atoms with Crippen LogP contribution in [0.1, 0.15) is 0 Å². The number of fused-ring (bicyclic) bond motifs is 4. The van der Waals surface area contributed by atoms with E-state index in [1.807, 2.05) is 12.1 Å². The summed E-state index contributed by atoms with van der Waals surface area (Å²) in [7, 11) is 0. The number of aromatic nitrogens is 3. The second-order valence-electron chi connectivity index (χ2n) is 13.4. The molecule has 248 valence electrons. The lowest BCUT2D eigenvalue weighted by Crippen LogP contribution is -1.95. The molecule has 10 aromatic rings. The first-order valence-electron chi connectivity index (χ1n) is 18.0. The predicted octanol–water partition coefficient (Wildman–Crippen LogP) is 13.1. The SMILES string of the molecule is c1ccc(-c2ccc(-c3nc(-c4ccc(-c5ccc(-c6ccc(-n7c8ccccc8c8ccccc87)cc6)cc5)cc4)nc4ccccc34)cc2)cc1. The van der Waals surface area contributed by atoms with Crippen molar-refractivity contribution in [3.05, 3.63) is 200 Å². The third-order valence-corrected chi connectivity index (χ3v) is 10.3. The third kappa shape index (κ3) is 5.56. The van der Waals surface area contributed by atoms with Gasteiger partial charge in [0.05, 0.1) is 22.2 Å². The zero-order chi connectivity index (χ0) is 35.1. The molecule has 0 aliphatic rings. The zero-order valence-corrected chi connectivity index (χ0v) is 28.9. The molecule has 53 heavy (non-hydrogen) atoms. The van der Waals surface area contributed by atoms with Crippen molar-refractivity contribution in [1.82, 2.24) is 14.5 Å². The highest BCUT2D eigenvalue weighted by Gasteiger charge is 2.14. The van der Waals surface area contributed by atoms with Gasteiger partial charge in [-0.05, 0) is 63.7 Å². The fourth-order valence-corrected chi connectivity index (χ4v) is 7.55. The summed E-state index contributed by atoms with van der Waals surface area (Å²) in [6, 6.07) is 70.9. The summed E-state index contributed by atoms with van der Waals surface area (Å²) in [4.78, 5) is 10.1. The van der Waals surface area contributed by atoms with Gasteiger partial charge in [0.1, 0.15) is 0 Å². The Kier molecular flexibility index (Phi) is 7.47. The van der Waals surface area contributed by atoms with E-state index in [9.17, 15) is 0 Å². The molecule has 0 bridgehead atoms. The number of hydrogen-bond acceptors (Lipinski definition) is 2. The largest absolute Gasteiger partial charge is 0.309 e. The van der Waals surface area contributed by atoms with E-state index in [1.54, 1.807) is 0 Å². The topological polar surface area (TPSA) is 30.7 Å². The standard InChI is InChI=1S/C50H33N3/c1-2-10-34(11-3-1)35-22-26-40(27-23-35)49-45-14-4-7-15-46(45)51-50(52-49)41-28-24-38(25-29-41)36-18-20-37(21-19-36)39-30-32-42(33-31-39)53-47-16-8-5-12-43(47)44-13-6-9-17-48(44)53/h1-33H. The van der Waals surface area contributed by atoms with Gasteiger partial charge < -0.3 is 4.57 Å². The molecule has 3 heteroatoms. The van der Waals surface area contributed by atoms with Crippen LogP contribution in [0.15, 0.2) is 200 Å². The van der Waals surface area contributed by atoms with Crippen molar-refractivity contribution >= 4 is 32.7 Å². The average Bonchev–Trinajstić information content (AvgIpc) is 3.58. The van der Waals surface area contributed by atoms with Crippen molar-refractivity contribution in [2.75, 3.05) is 0 Å². The van der Waals surface area contributed by atoms with Gasteiger partial charge in [-0.2, -0.15) is 0 Å². The Hall–Kier alpha value is -7.10. The number of nitrogens with zero attached hydrogens (tertiary/aromatic N) is 3. The molecule has 2 aromatic heterocycles. The molecule has 0 amide bonds. The monoisotopic (exact) mass is 675 g/mol. The average molecular weight is 676 g/mol. The van der Waals surface area contributed by atoms with E-state index in [-0.39, 0.29) is 0 Å². The van der Waals surface area contributed by atoms with Crippen molar-refractivity contribution in [2.45, 2.75) is 0 Å². The maximum atomic E-state index is 5.13. The van der Waals surface area contributed by atoms with Crippen LogP contribution in [-0.4, -0.2) is 14.5 Å². The third-order valence-electron chi connectivity index (χ3n) is 10.3. The summed E-state index contributed by atoms with van der Waals surface area (Å²) in [5.74, 6) is 0.720. The van der Waals surface area contributed by atoms with Gasteiger partial charge in [0.2, 0.25) is 0 Å². The van der Waals surface area contributed by atoms with Crippen LogP contribution < -0.4 is 0 Å². The highest BCUT2D eigenvalue weighted by molar-refractivity contribution is 6.09. The lowest BCUT2D eigenvalue weighted by atomic mass is 9.99. The fraction of sp³-hybridized carbons (Fsp3) is 0. The number of hydrogen-bond donors (Lipinski definition) is 0. The summed E-state index contributed by atoms with van der Waals surface area (Å²) in [5, 5.41) is 3.59. The highest BCUT2D eigenvalue weighted by Crippen LogP contribution is 2.34. The van der Waals surface area contributed by atoms with E-state index in [0.717, 1.165) is 44.8 Å². The van der Waals surface area contributed by atoms with Crippen LogP contribution >= 0.6 is 0 Å². The number of rotatable bonds is 6. The van der Waals surface area contributed by atoms with Gasteiger partial charge in [0, 0.05) is 33.0 Å². The molecule has 0 unspecified atom stereocenters. The molecule has 0 spiro atoms. The van der Waals surface area contributed by atoms with Crippen LogP contribution in [0.2, 0.25) is 0 Å². The molecule has 0 N–H and O–H groups in total. The maximum absolute atomic E-state index is 5.13. The van der Waals surface area contributed by atoms with Gasteiger partial charge in [0.15, 0.2) is 5.82 Å². The molecule has 0 atom stereocenters. The molecule has 0 aliphatic heterocycles. The Balaban J connectivity index is 0.915. The molecule has 0 saturated carbocycles. The lowest BCUT2D eigenvalue weighted by molar-refractivity contribution is 1.18. The van der Waals surface area contributed by atoms with E-state index < -0.39 is 0 Å². The van der Waals surface area contributed by atoms with E-state index in [2.05, 4.69) is 193 Å². The fourth-order valence-electron chi connectivity index (χ4n) is 7.55. The molecule has 0 saturated heterocycles. The minimum atomic E-state index is 0.720. The Morgan fingerprint density at radius 3 is 1.23 bits per heavy atom. The quantitative estimate of drug-likeness (QED) is 0.176. The second-order valence-corrected chi connectivity index (χ2v) is 13.4. The van der Waals surface area contributed by atoms with Crippen LogP contribution in [0, 0.1) is 0 Å². The summed E-state index contributed by atoms with van der Waals surface area (Å²) < 4.78 is 2.36. The minimum absolute atomic E-state index is 0.720. The smallest absolute Gasteiger partial charge is 0.160 e. The summed E-state index contributed by atoms with van der Waals surface area (Å²) in [6.45, 7) is 0. The first-order chi connectivity index (χ1) is 26.3. The van der Waals surface area contributed by atoms with Gasteiger partial charge in [-0.15, -0.1) is 0 Å². The molecular weight excluding hydrogens is 643 g/mol. The van der Waals surface area contributed by atoms with Gasteiger partial charge in [-0.25, -0.2) is 9.97 Å². The predicted molar refractivity (Wildman–Crippen MR) is 221 cm³/mol. The van der Waals surface area contributed by atoms with Crippen molar-refractivity contribution in [3.63, 3.8) is 0 Å². The Bertz CT molecular complexity index is 2830. The van der Waals surface area contributed by atoms with Crippen molar-refractivity contribution in [2.24, 2.45) is 0 Å². The van der Waals surface area contributed by atoms with E-state index >= 15 is 0 Å². The van der Waals surface area contributed by atoms with E-state index in [0.29, 0.717) is 0 Å². The van der Waals surface area contributed by atoms with Gasteiger partial charge in [0.25, 0.3) is 0 Å². The first kappa shape index (κ1) is 30.7. The molecule has 8 aromatic carbocycles. The molecule has 2 heterocycles. The zero-order valence-electron chi connectivity index (χ0n) is 28.9. The first-order valence-corrected chi connectivity index (χ1v) is 18.0. The lowest BCUT2D eigenvalue weighted by Gasteiger charge is -2.11. The van der Waals surface area contributed by atoms with Crippen LogP contribution in [0.5, 0.6) is 0 Å². The summed E-state index contributed by atoms with van der Waals surface area (Å²) in [5.41, 5.74) is 14.6. The molecule has 0 radical (unpaired) electrons. The maximum Gasteiger partial charge on any atom is 0.160 e. The van der Waals surface area contributed by atoms with Gasteiger partial charge >= 0.3 is 0 Å². The van der Waals surface area contributed by atoms with E-state index in [1.165, 1.54) is 49.6 Å². The van der Waals surface area contributed by atoms with Crippen molar-refractivity contribution < 1.29 is 0 Å². The van der Waals surface area contributed by atoms with Crippen LogP contribution in [0.4, 0.5) is 0 Å². The molecule has 0 aliphatic carbocycles. The number of benzene rings is 8. The molecule has 3 nitrogen and oxygen atoms in total. The minimum Gasteiger partial charge on any atom is -0.309 e. The van der Waals surface area contributed by atoms with Crippen molar-refractivity contribution in [3.8, 4) is 61.7 Å². The summed E-state index contributed by atoms with van der Waals surface area (Å²) >= 11 is 0. The van der Waals surface area contributed by atoms with Crippen LogP contribution in [0.3, 0.4) is 0 Å². The van der Waals surface area contributed by atoms with Crippen LogP contribution in [0.25, 0.3) is 94.4 Å². The van der Waals surface area contributed by atoms with Gasteiger partial charge in [-0.3, -0.25) is 0 Å². The second kappa shape index (κ2) is 12.9. The molecule has 0 fully saturated rings. The molecular formula is C50H33N3.